The Hall–Kier alpha value is -1.27. The van der Waals surface area contributed by atoms with Gasteiger partial charge in [-0.25, -0.2) is 0 Å². The summed E-state index contributed by atoms with van der Waals surface area (Å²) in [5, 5.41) is 21.5. The number of hydrogen-bond donors (Lipinski definition) is 3. The number of hydrogen-bond acceptors (Lipinski definition) is 7. The average Bonchev–Trinajstić information content (AvgIpc) is 2.73. The van der Waals surface area contributed by atoms with Gasteiger partial charge >= 0.3 is 15.9 Å². The quantitative estimate of drug-likeness (QED) is 0.276. The van der Waals surface area contributed by atoms with E-state index in [0.29, 0.717) is 43.9 Å². The van der Waals surface area contributed by atoms with Crippen molar-refractivity contribution in [3.05, 3.63) is 29.8 Å². The van der Waals surface area contributed by atoms with Crippen molar-refractivity contribution in [2.45, 2.75) is 31.7 Å². The van der Waals surface area contributed by atoms with Gasteiger partial charge in [0.25, 0.3) is 0 Å². The summed E-state index contributed by atoms with van der Waals surface area (Å²) in [6, 6.07) is 7.94. The van der Waals surface area contributed by atoms with E-state index in [0.717, 1.165) is 12.0 Å². The van der Waals surface area contributed by atoms with E-state index in [2.05, 4.69) is 5.32 Å². The van der Waals surface area contributed by atoms with Gasteiger partial charge in [0.2, 0.25) is 5.91 Å². The van der Waals surface area contributed by atoms with Crippen molar-refractivity contribution >= 4 is 27.3 Å². The number of nitrogens with one attached hydrogen (secondary N) is 1. The molecule has 0 saturated carbocycles. The Morgan fingerprint density at radius 1 is 1.11 bits per heavy atom. The van der Waals surface area contributed by atoms with Crippen LogP contribution in [0.15, 0.2) is 24.3 Å². The lowest BCUT2D eigenvalue weighted by Gasteiger charge is -2.24. The van der Waals surface area contributed by atoms with Crippen molar-refractivity contribution < 1.29 is 32.9 Å². The Labute approximate surface area is 168 Å². The van der Waals surface area contributed by atoms with Gasteiger partial charge in [0, 0.05) is 53.6 Å². The number of carbonyl (C=O) groups excluding carboxylic acids is 1. The highest BCUT2D eigenvalue weighted by Gasteiger charge is 2.36. The molecule has 0 heterocycles. The van der Waals surface area contributed by atoms with E-state index in [4.69, 9.17) is 23.0 Å². The van der Waals surface area contributed by atoms with Crippen LogP contribution in [0.4, 0.5) is 0 Å². The minimum absolute atomic E-state index is 0.0176. The molecule has 8 nitrogen and oxygen atoms in total. The first-order chi connectivity index (χ1) is 13.5. The molecule has 0 fully saturated rings. The number of rotatable bonds is 15. The second kappa shape index (κ2) is 13.8. The molecule has 0 saturated heterocycles. The van der Waals surface area contributed by atoms with Gasteiger partial charge in [0.15, 0.2) is 0 Å². The molecule has 0 unspecified atom stereocenters. The summed E-state index contributed by atoms with van der Waals surface area (Å²) >= 11 is 0. The van der Waals surface area contributed by atoms with E-state index < -0.39 is 15.9 Å². The van der Waals surface area contributed by atoms with Crippen LogP contribution in [0.1, 0.15) is 24.8 Å². The van der Waals surface area contributed by atoms with Crippen molar-refractivity contribution in [3.63, 3.8) is 0 Å². The van der Waals surface area contributed by atoms with E-state index in [1.807, 2.05) is 12.1 Å². The number of aliphatic hydroxyl groups is 1. The van der Waals surface area contributed by atoms with E-state index in [-0.39, 0.29) is 12.5 Å². The molecule has 1 rings (SSSR count). The molecule has 158 valence electrons. The third-order valence-corrected chi connectivity index (χ3v) is 7.23. The van der Waals surface area contributed by atoms with Crippen LogP contribution in [-0.4, -0.2) is 73.0 Å². The number of amides is 1. The molecule has 0 atom stereocenters. The van der Waals surface area contributed by atoms with Crippen molar-refractivity contribution in [2.75, 3.05) is 41.1 Å². The first kappa shape index (κ1) is 24.8. The third-order valence-electron chi connectivity index (χ3n) is 4.40. The highest BCUT2D eigenvalue weighted by molar-refractivity contribution is 6.60. The predicted octanol–water partition coefficient (Wildman–Crippen LogP) is 0.0901. The van der Waals surface area contributed by atoms with Crippen LogP contribution in [0.25, 0.3) is 0 Å². The lowest BCUT2D eigenvalue weighted by atomic mass is 9.79. The molecule has 0 aliphatic carbocycles. The van der Waals surface area contributed by atoms with Gasteiger partial charge in [0.05, 0.1) is 0 Å². The van der Waals surface area contributed by atoms with Crippen molar-refractivity contribution in [3.8, 4) is 0 Å². The molecule has 0 radical (unpaired) electrons. The van der Waals surface area contributed by atoms with Gasteiger partial charge < -0.3 is 33.4 Å². The maximum Gasteiger partial charge on any atom is 0.500 e. The van der Waals surface area contributed by atoms with Crippen molar-refractivity contribution in [2.24, 2.45) is 0 Å². The van der Waals surface area contributed by atoms with Crippen LogP contribution < -0.4 is 10.8 Å². The number of aliphatic hydroxyl groups excluding tert-OH is 1. The number of carbonyl (C=O) groups is 1. The Bertz CT molecular complexity index is 549. The molecule has 10 heteroatoms. The monoisotopic (exact) mass is 413 g/mol. The smallest absolute Gasteiger partial charge is 0.423 e. The lowest BCUT2D eigenvalue weighted by Crippen LogP contribution is -2.43. The molecule has 0 aromatic heterocycles. The summed E-state index contributed by atoms with van der Waals surface area (Å²) < 4.78 is 21.3. The van der Waals surface area contributed by atoms with Gasteiger partial charge in [-0.1, -0.05) is 24.3 Å². The van der Waals surface area contributed by atoms with E-state index in [9.17, 15) is 9.82 Å². The zero-order valence-electron chi connectivity index (χ0n) is 17.0. The summed E-state index contributed by atoms with van der Waals surface area (Å²) in [7, 11) is 1.13. The number of aryl methyl sites for hydroxylation is 1. The maximum atomic E-state index is 12.0. The minimum atomic E-state index is -2.58. The highest BCUT2D eigenvalue weighted by Crippen LogP contribution is 2.14. The lowest BCUT2D eigenvalue weighted by molar-refractivity contribution is -0.121. The molecule has 0 bridgehead atoms. The average molecular weight is 413 g/mol. The standard InChI is InChI=1S/C18H32BNO7Si/c1-24-28(25-2,26-3)15-4-12-20-18(22)11-8-16-6-9-17(10-7-16)19(23)27-14-5-13-21/h6-7,9-10,21,23H,4-5,8,11-15H2,1-3H3,(H,20,22). The molecule has 1 aromatic carbocycles. The Kier molecular flexibility index (Phi) is 12.2. The summed E-state index contributed by atoms with van der Waals surface area (Å²) in [6.45, 7) is 0.865. The molecule has 0 aliphatic heterocycles. The van der Waals surface area contributed by atoms with Crippen molar-refractivity contribution in [1.82, 2.24) is 5.32 Å². The maximum absolute atomic E-state index is 12.0. The summed E-state index contributed by atoms with van der Waals surface area (Å²) in [4.78, 5) is 12.0. The molecule has 3 N–H and O–H groups in total. The zero-order chi connectivity index (χ0) is 20.8. The summed E-state index contributed by atoms with van der Waals surface area (Å²) in [6.07, 6.45) is 2.20. The molecule has 1 aromatic rings. The van der Waals surface area contributed by atoms with Crippen molar-refractivity contribution in [1.29, 1.82) is 0 Å². The Morgan fingerprint density at radius 3 is 2.32 bits per heavy atom. The minimum Gasteiger partial charge on any atom is -0.423 e. The fourth-order valence-corrected chi connectivity index (χ4v) is 4.36. The normalized spacial score (nSPS) is 11.5. The summed E-state index contributed by atoms with van der Waals surface area (Å²) in [5.74, 6) is -0.0176. The largest absolute Gasteiger partial charge is 0.500 e. The van der Waals surface area contributed by atoms with E-state index in [1.165, 1.54) is 0 Å². The van der Waals surface area contributed by atoms with Gasteiger partial charge in [-0.2, -0.15) is 0 Å². The first-order valence-corrected chi connectivity index (χ1v) is 11.3. The summed E-state index contributed by atoms with van der Waals surface area (Å²) in [5.41, 5.74) is 1.65. The fourth-order valence-electron chi connectivity index (χ4n) is 2.64. The topological polar surface area (TPSA) is 106 Å². The molecule has 0 spiro atoms. The molecule has 1 amide bonds. The van der Waals surface area contributed by atoms with Gasteiger partial charge in [0.1, 0.15) is 0 Å². The van der Waals surface area contributed by atoms with Gasteiger partial charge in [-0.3, -0.25) is 4.79 Å². The third kappa shape index (κ3) is 8.82. The Morgan fingerprint density at radius 2 is 1.75 bits per heavy atom. The van der Waals surface area contributed by atoms with Crippen LogP contribution in [0, 0.1) is 0 Å². The molecule has 0 aliphatic rings. The first-order valence-electron chi connectivity index (χ1n) is 9.41. The van der Waals surface area contributed by atoms with E-state index in [1.54, 1.807) is 33.5 Å². The second-order valence-corrected chi connectivity index (χ2v) is 9.38. The highest BCUT2D eigenvalue weighted by atomic mass is 28.4. The predicted molar refractivity (Wildman–Crippen MR) is 109 cm³/mol. The molecular weight excluding hydrogens is 381 g/mol. The van der Waals surface area contributed by atoms with Crippen LogP contribution in [0.2, 0.25) is 6.04 Å². The van der Waals surface area contributed by atoms with Crippen LogP contribution in [0.3, 0.4) is 0 Å². The Balaban J connectivity index is 2.29. The molecular formula is C18H32BNO7Si. The SMILES string of the molecule is CO[Si](CCCNC(=O)CCc1ccc(B(O)OCCCO)cc1)(OC)OC. The van der Waals surface area contributed by atoms with Crippen LogP contribution in [0.5, 0.6) is 0 Å². The van der Waals surface area contributed by atoms with Gasteiger partial charge in [-0.05, 0) is 30.3 Å². The number of benzene rings is 1. The van der Waals surface area contributed by atoms with Crippen LogP contribution >= 0.6 is 0 Å². The van der Waals surface area contributed by atoms with Crippen LogP contribution in [-0.2, 0) is 29.1 Å². The van der Waals surface area contributed by atoms with Gasteiger partial charge in [-0.15, -0.1) is 0 Å². The zero-order valence-corrected chi connectivity index (χ0v) is 18.0. The second-order valence-electron chi connectivity index (χ2n) is 6.29. The fraction of sp³-hybridized carbons (Fsp3) is 0.611. The van der Waals surface area contributed by atoms with E-state index >= 15 is 0 Å². The molecule has 28 heavy (non-hydrogen) atoms.